The lowest BCUT2D eigenvalue weighted by Gasteiger charge is -2.32. The molecule has 6 nitrogen and oxygen atoms in total. The summed E-state index contributed by atoms with van der Waals surface area (Å²) in [6.45, 7) is 13.8. The number of hydrogen-bond acceptors (Lipinski definition) is 5. The molecule has 32 heavy (non-hydrogen) atoms. The molecule has 7 heteroatoms. The van der Waals surface area contributed by atoms with Gasteiger partial charge < -0.3 is 19.4 Å². The Kier molecular flexibility index (Phi) is 6.81. The topological polar surface area (TPSA) is 69.7 Å². The van der Waals surface area contributed by atoms with E-state index in [1.165, 1.54) is 0 Å². The fraction of sp³-hybridized carbons (Fsp3) is 0.440. The molecule has 1 fully saturated rings. The number of carbonyl (C=O) groups excluding carboxylic acids is 1. The van der Waals surface area contributed by atoms with Crippen LogP contribution in [-0.2, 0) is 14.0 Å². The van der Waals surface area contributed by atoms with Gasteiger partial charge in [0.25, 0.3) is 0 Å². The van der Waals surface area contributed by atoms with Crippen LogP contribution in [0, 0.1) is 0 Å². The Morgan fingerprint density at radius 1 is 1.06 bits per heavy atom. The van der Waals surface area contributed by atoms with Gasteiger partial charge in [-0.15, -0.1) is 0 Å². The molecule has 2 aromatic rings. The lowest BCUT2D eigenvalue weighted by atomic mass is 9.77. The number of nitrogens with zero attached hydrogens (tertiary/aromatic N) is 1. The van der Waals surface area contributed by atoms with Gasteiger partial charge in [-0.1, -0.05) is 36.4 Å². The standard InChI is InChI=1S/C25H33BN2O4/c1-23(2,3)30-22(29)28-17-20(26-31-24(4,5)25(6,7)32-26)16-18-11-13-19(14-12-18)21-10-8-9-15-27-21/h8-16H,17H2,1-7H3,(H,28,29). The minimum Gasteiger partial charge on any atom is -0.444 e. The number of alkyl carbamates (subject to hydrolysis) is 1. The smallest absolute Gasteiger partial charge is 0.444 e. The van der Waals surface area contributed by atoms with E-state index in [0.29, 0.717) is 0 Å². The number of nitrogens with one attached hydrogen (secondary N) is 1. The quantitative estimate of drug-likeness (QED) is 0.646. The van der Waals surface area contributed by atoms with Crippen LogP contribution in [0.25, 0.3) is 17.3 Å². The summed E-state index contributed by atoms with van der Waals surface area (Å²) >= 11 is 0. The number of benzene rings is 1. The first-order valence-electron chi connectivity index (χ1n) is 10.9. The maximum Gasteiger partial charge on any atom is 0.492 e. The van der Waals surface area contributed by atoms with Crippen molar-refractivity contribution in [3.63, 3.8) is 0 Å². The highest BCUT2D eigenvalue weighted by Gasteiger charge is 2.52. The van der Waals surface area contributed by atoms with E-state index in [4.69, 9.17) is 14.0 Å². The van der Waals surface area contributed by atoms with Gasteiger partial charge in [0.1, 0.15) is 5.60 Å². The van der Waals surface area contributed by atoms with Crippen LogP contribution in [-0.4, -0.2) is 41.5 Å². The van der Waals surface area contributed by atoms with Gasteiger partial charge in [0.05, 0.1) is 16.9 Å². The van der Waals surface area contributed by atoms with Crippen molar-refractivity contribution in [3.05, 3.63) is 59.7 Å². The van der Waals surface area contributed by atoms with Gasteiger partial charge in [-0.2, -0.15) is 0 Å². The Morgan fingerprint density at radius 2 is 1.69 bits per heavy atom. The van der Waals surface area contributed by atoms with Crippen LogP contribution in [0.4, 0.5) is 4.79 Å². The molecular formula is C25H33BN2O4. The predicted octanol–water partition coefficient (Wildman–Crippen LogP) is 5.29. The van der Waals surface area contributed by atoms with Crippen molar-refractivity contribution in [2.24, 2.45) is 0 Å². The van der Waals surface area contributed by atoms with Gasteiger partial charge in [0, 0.05) is 18.3 Å². The van der Waals surface area contributed by atoms with Gasteiger partial charge >= 0.3 is 13.2 Å². The number of aromatic nitrogens is 1. The zero-order valence-electron chi connectivity index (χ0n) is 20.1. The molecular weight excluding hydrogens is 403 g/mol. The molecule has 1 saturated heterocycles. The van der Waals surface area contributed by atoms with Gasteiger partial charge in [0.2, 0.25) is 0 Å². The number of hydrogen-bond donors (Lipinski definition) is 1. The Morgan fingerprint density at radius 3 is 2.22 bits per heavy atom. The molecule has 3 rings (SSSR count). The van der Waals surface area contributed by atoms with Crippen LogP contribution in [0.1, 0.15) is 54.0 Å². The fourth-order valence-electron chi connectivity index (χ4n) is 3.18. The molecule has 0 unspecified atom stereocenters. The fourth-order valence-corrected chi connectivity index (χ4v) is 3.18. The van der Waals surface area contributed by atoms with E-state index in [1.807, 2.05) is 97.0 Å². The summed E-state index contributed by atoms with van der Waals surface area (Å²) in [5.74, 6) is 0. The summed E-state index contributed by atoms with van der Waals surface area (Å²) in [7, 11) is -0.578. The largest absolute Gasteiger partial charge is 0.492 e. The highest BCUT2D eigenvalue weighted by atomic mass is 16.7. The number of pyridine rings is 1. The molecule has 1 aliphatic rings. The first-order chi connectivity index (χ1) is 14.9. The van der Waals surface area contributed by atoms with Crippen molar-refractivity contribution in [3.8, 4) is 11.3 Å². The normalized spacial score (nSPS) is 17.8. The minimum atomic E-state index is -0.578. The van der Waals surface area contributed by atoms with E-state index in [0.717, 1.165) is 22.3 Å². The lowest BCUT2D eigenvalue weighted by molar-refractivity contribution is 0.00578. The molecule has 2 heterocycles. The van der Waals surface area contributed by atoms with Crippen LogP contribution in [0.2, 0.25) is 0 Å². The van der Waals surface area contributed by atoms with E-state index in [-0.39, 0.29) is 6.54 Å². The molecule has 1 aromatic carbocycles. The average Bonchev–Trinajstić information content (AvgIpc) is 2.92. The third kappa shape index (κ3) is 5.99. The SMILES string of the molecule is CC(C)(C)OC(=O)NCC(=Cc1ccc(-c2ccccn2)cc1)B1OC(C)(C)C(C)(C)O1. The Balaban J connectivity index is 1.83. The monoisotopic (exact) mass is 436 g/mol. The Bertz CT molecular complexity index is 948. The molecule has 1 N–H and O–H groups in total. The first-order valence-corrected chi connectivity index (χ1v) is 10.9. The number of ether oxygens (including phenoxy) is 1. The van der Waals surface area contributed by atoms with Crippen LogP contribution < -0.4 is 5.32 Å². The summed E-state index contributed by atoms with van der Waals surface area (Å²) in [4.78, 5) is 16.6. The summed E-state index contributed by atoms with van der Waals surface area (Å²) in [5, 5.41) is 2.83. The Labute approximate surface area is 191 Å². The van der Waals surface area contributed by atoms with Crippen LogP contribution in [0.3, 0.4) is 0 Å². The molecule has 0 atom stereocenters. The summed E-state index contributed by atoms with van der Waals surface area (Å²) in [6, 6.07) is 13.9. The van der Waals surface area contributed by atoms with Crippen molar-refractivity contribution in [1.29, 1.82) is 0 Å². The lowest BCUT2D eigenvalue weighted by Crippen LogP contribution is -2.41. The third-order valence-corrected chi connectivity index (χ3v) is 5.62. The summed E-state index contributed by atoms with van der Waals surface area (Å²) < 4.78 is 17.8. The van der Waals surface area contributed by atoms with Crippen molar-refractivity contribution >= 4 is 19.3 Å². The number of amides is 1. The summed E-state index contributed by atoms with van der Waals surface area (Å²) in [6.07, 6.45) is 3.29. The average molecular weight is 436 g/mol. The molecule has 1 aromatic heterocycles. The van der Waals surface area contributed by atoms with Gasteiger partial charge in [-0.3, -0.25) is 4.98 Å². The van der Waals surface area contributed by atoms with Crippen LogP contribution >= 0.6 is 0 Å². The second-order valence-electron chi connectivity index (χ2n) is 10.00. The highest BCUT2D eigenvalue weighted by Crippen LogP contribution is 2.38. The zero-order valence-corrected chi connectivity index (χ0v) is 20.1. The maximum atomic E-state index is 12.2. The van der Waals surface area contributed by atoms with Crippen molar-refractivity contribution in [1.82, 2.24) is 10.3 Å². The van der Waals surface area contributed by atoms with Gasteiger partial charge in [0.15, 0.2) is 0 Å². The summed E-state index contributed by atoms with van der Waals surface area (Å²) in [5.41, 5.74) is 2.20. The second kappa shape index (κ2) is 9.08. The molecule has 1 amide bonds. The van der Waals surface area contributed by atoms with Crippen molar-refractivity contribution in [2.75, 3.05) is 6.54 Å². The van der Waals surface area contributed by atoms with Crippen LogP contribution in [0.15, 0.2) is 54.1 Å². The van der Waals surface area contributed by atoms with E-state index in [9.17, 15) is 4.79 Å². The molecule has 1 aliphatic heterocycles. The molecule has 0 radical (unpaired) electrons. The first kappa shape index (κ1) is 24.0. The Hall–Kier alpha value is -2.64. The third-order valence-electron chi connectivity index (χ3n) is 5.62. The van der Waals surface area contributed by atoms with Crippen molar-refractivity contribution in [2.45, 2.75) is 65.3 Å². The zero-order chi connectivity index (χ0) is 23.6. The molecule has 0 aliphatic carbocycles. The number of carbonyl (C=O) groups is 1. The van der Waals surface area contributed by atoms with E-state index in [1.54, 1.807) is 6.20 Å². The van der Waals surface area contributed by atoms with E-state index in [2.05, 4.69) is 10.3 Å². The minimum absolute atomic E-state index is 0.244. The van der Waals surface area contributed by atoms with Crippen molar-refractivity contribution < 1.29 is 18.8 Å². The van der Waals surface area contributed by atoms with Gasteiger partial charge in [-0.25, -0.2) is 4.79 Å². The molecule has 0 saturated carbocycles. The predicted molar refractivity (Wildman–Crippen MR) is 128 cm³/mol. The highest BCUT2D eigenvalue weighted by molar-refractivity contribution is 6.56. The second-order valence-corrected chi connectivity index (χ2v) is 10.00. The maximum absolute atomic E-state index is 12.2. The van der Waals surface area contributed by atoms with E-state index < -0.39 is 30.0 Å². The molecule has 0 bridgehead atoms. The molecule has 0 spiro atoms. The van der Waals surface area contributed by atoms with Gasteiger partial charge in [-0.05, 0) is 71.6 Å². The molecule has 170 valence electrons. The van der Waals surface area contributed by atoms with E-state index >= 15 is 0 Å². The number of rotatable bonds is 5. The van der Waals surface area contributed by atoms with Crippen LogP contribution in [0.5, 0.6) is 0 Å².